The fraction of sp³-hybridized carbons (Fsp3) is 0.467. The predicted octanol–water partition coefficient (Wildman–Crippen LogP) is 1.92. The van der Waals surface area contributed by atoms with Crippen LogP contribution in [0.1, 0.15) is 20.3 Å². The second-order valence-electron chi connectivity index (χ2n) is 5.59. The summed E-state index contributed by atoms with van der Waals surface area (Å²) in [5.74, 6) is -1.36. The summed E-state index contributed by atoms with van der Waals surface area (Å²) < 4.78 is 18.5. The number of carbonyl (C=O) groups excluding carboxylic acids is 1. The van der Waals surface area contributed by atoms with Gasteiger partial charge in [-0.15, -0.1) is 0 Å². The van der Waals surface area contributed by atoms with Crippen LogP contribution in [0.4, 0.5) is 4.39 Å². The molecule has 1 aromatic carbocycles. The number of carboxylic acids is 1. The zero-order valence-electron chi connectivity index (χ0n) is 12.0. The number of ether oxygens (including phenoxy) is 1. The molecule has 114 valence electrons. The first-order chi connectivity index (χ1) is 9.82. The van der Waals surface area contributed by atoms with Crippen molar-refractivity contribution in [3.63, 3.8) is 0 Å². The van der Waals surface area contributed by atoms with Gasteiger partial charge in [0, 0.05) is 19.2 Å². The first-order valence-electron chi connectivity index (χ1n) is 6.76. The fourth-order valence-corrected chi connectivity index (χ4v) is 2.38. The molecule has 0 aliphatic carbocycles. The molecule has 1 aliphatic heterocycles. The standard InChI is InChI=1S/C15H18FNO4/c1-10(21-12-5-3-4-11(16)8-12)13(18)17-7-6-15(2,9-17)14(19)20/h3-5,8,10H,6-7,9H2,1-2H3,(H,19,20)/t10-,15-/m1/s1. The van der Waals surface area contributed by atoms with Crippen molar-refractivity contribution in [2.75, 3.05) is 13.1 Å². The van der Waals surface area contributed by atoms with Crippen LogP contribution in [0, 0.1) is 11.2 Å². The highest BCUT2D eigenvalue weighted by Gasteiger charge is 2.43. The lowest BCUT2D eigenvalue weighted by Crippen LogP contribution is -2.41. The van der Waals surface area contributed by atoms with E-state index in [1.807, 2.05) is 0 Å². The van der Waals surface area contributed by atoms with Crippen LogP contribution >= 0.6 is 0 Å². The Labute approximate surface area is 122 Å². The third-order valence-electron chi connectivity index (χ3n) is 3.76. The second kappa shape index (κ2) is 5.71. The van der Waals surface area contributed by atoms with Gasteiger partial charge < -0.3 is 14.7 Å². The maximum Gasteiger partial charge on any atom is 0.311 e. The summed E-state index contributed by atoms with van der Waals surface area (Å²) in [4.78, 5) is 24.9. The lowest BCUT2D eigenvalue weighted by molar-refractivity contribution is -0.147. The molecule has 0 spiro atoms. The van der Waals surface area contributed by atoms with Gasteiger partial charge in [-0.1, -0.05) is 6.07 Å². The topological polar surface area (TPSA) is 66.8 Å². The molecule has 1 saturated heterocycles. The number of nitrogens with zero attached hydrogens (tertiary/aromatic N) is 1. The Balaban J connectivity index is 1.99. The Bertz CT molecular complexity index is 562. The molecule has 2 atom stereocenters. The minimum Gasteiger partial charge on any atom is -0.481 e. The van der Waals surface area contributed by atoms with E-state index in [1.54, 1.807) is 19.9 Å². The van der Waals surface area contributed by atoms with Gasteiger partial charge in [0.2, 0.25) is 0 Å². The van der Waals surface area contributed by atoms with Gasteiger partial charge in [-0.25, -0.2) is 4.39 Å². The molecule has 0 unspecified atom stereocenters. The molecule has 1 heterocycles. The summed E-state index contributed by atoms with van der Waals surface area (Å²) in [6.45, 7) is 3.75. The summed E-state index contributed by atoms with van der Waals surface area (Å²) in [6, 6.07) is 5.56. The number of carboxylic acid groups (broad SMARTS) is 1. The monoisotopic (exact) mass is 295 g/mol. The smallest absolute Gasteiger partial charge is 0.311 e. The van der Waals surface area contributed by atoms with Crippen LogP contribution in [-0.4, -0.2) is 41.1 Å². The number of hydrogen-bond donors (Lipinski definition) is 1. The van der Waals surface area contributed by atoms with E-state index in [0.717, 1.165) is 0 Å². The van der Waals surface area contributed by atoms with Crippen LogP contribution in [0.5, 0.6) is 5.75 Å². The first-order valence-corrected chi connectivity index (χ1v) is 6.76. The van der Waals surface area contributed by atoms with E-state index in [2.05, 4.69) is 0 Å². The van der Waals surface area contributed by atoms with Crippen molar-refractivity contribution in [3.05, 3.63) is 30.1 Å². The van der Waals surface area contributed by atoms with E-state index in [1.165, 1.54) is 23.1 Å². The van der Waals surface area contributed by atoms with Gasteiger partial charge >= 0.3 is 5.97 Å². The van der Waals surface area contributed by atoms with Gasteiger partial charge in [-0.2, -0.15) is 0 Å². The molecule has 21 heavy (non-hydrogen) atoms. The van der Waals surface area contributed by atoms with E-state index in [-0.39, 0.29) is 18.2 Å². The molecule has 1 aromatic rings. The highest BCUT2D eigenvalue weighted by Crippen LogP contribution is 2.30. The van der Waals surface area contributed by atoms with Gasteiger partial charge in [0.25, 0.3) is 5.91 Å². The number of aliphatic carboxylic acids is 1. The molecule has 1 amide bonds. The van der Waals surface area contributed by atoms with Crippen molar-refractivity contribution in [2.45, 2.75) is 26.4 Å². The zero-order valence-corrected chi connectivity index (χ0v) is 12.0. The molecule has 6 heteroatoms. The summed E-state index contributed by atoms with van der Waals surface area (Å²) in [6.07, 6.45) is -0.372. The van der Waals surface area contributed by atoms with Crippen molar-refractivity contribution in [2.24, 2.45) is 5.41 Å². The Morgan fingerprint density at radius 1 is 1.48 bits per heavy atom. The normalized spacial score (nSPS) is 22.9. The molecule has 1 N–H and O–H groups in total. The van der Waals surface area contributed by atoms with Crippen LogP contribution < -0.4 is 4.74 Å². The number of amides is 1. The molecule has 1 aliphatic rings. The van der Waals surface area contributed by atoms with E-state index >= 15 is 0 Å². The largest absolute Gasteiger partial charge is 0.481 e. The highest BCUT2D eigenvalue weighted by molar-refractivity contribution is 5.83. The number of carbonyl (C=O) groups is 2. The number of rotatable bonds is 4. The van der Waals surface area contributed by atoms with E-state index in [0.29, 0.717) is 13.0 Å². The Kier molecular flexibility index (Phi) is 4.16. The van der Waals surface area contributed by atoms with Gasteiger partial charge in [0.15, 0.2) is 6.10 Å². The molecule has 2 rings (SSSR count). The summed E-state index contributed by atoms with van der Waals surface area (Å²) in [5, 5.41) is 9.17. The SMILES string of the molecule is C[C@@H](Oc1cccc(F)c1)C(=O)N1CC[C@@](C)(C(=O)O)C1. The summed E-state index contributed by atoms with van der Waals surface area (Å²) >= 11 is 0. The molecule has 0 saturated carbocycles. The van der Waals surface area contributed by atoms with Gasteiger partial charge in [0.05, 0.1) is 5.41 Å². The fourth-order valence-electron chi connectivity index (χ4n) is 2.38. The Hall–Kier alpha value is -2.11. The van der Waals surface area contributed by atoms with Crippen molar-refractivity contribution in [1.29, 1.82) is 0 Å². The summed E-state index contributed by atoms with van der Waals surface area (Å²) in [7, 11) is 0. The first kappa shape index (κ1) is 15.3. The number of hydrogen-bond acceptors (Lipinski definition) is 3. The average Bonchev–Trinajstić information content (AvgIpc) is 2.82. The highest BCUT2D eigenvalue weighted by atomic mass is 19.1. The van der Waals surface area contributed by atoms with Crippen molar-refractivity contribution >= 4 is 11.9 Å². The van der Waals surface area contributed by atoms with Crippen LogP contribution in [0.3, 0.4) is 0 Å². The third-order valence-corrected chi connectivity index (χ3v) is 3.76. The molecule has 0 radical (unpaired) electrons. The van der Waals surface area contributed by atoms with Crippen LogP contribution in [0.15, 0.2) is 24.3 Å². The van der Waals surface area contributed by atoms with E-state index < -0.39 is 23.3 Å². The maximum absolute atomic E-state index is 13.1. The number of benzene rings is 1. The summed E-state index contributed by atoms with van der Waals surface area (Å²) in [5.41, 5.74) is -0.908. The average molecular weight is 295 g/mol. The van der Waals surface area contributed by atoms with Crippen LogP contribution in [0.2, 0.25) is 0 Å². The third kappa shape index (κ3) is 3.32. The molecule has 0 aromatic heterocycles. The van der Waals surface area contributed by atoms with Crippen LogP contribution in [-0.2, 0) is 9.59 Å². The zero-order chi connectivity index (χ0) is 15.6. The van der Waals surface area contributed by atoms with Crippen molar-refractivity contribution in [1.82, 2.24) is 4.90 Å². The second-order valence-corrected chi connectivity index (χ2v) is 5.59. The van der Waals surface area contributed by atoms with Crippen LogP contribution in [0.25, 0.3) is 0 Å². The van der Waals surface area contributed by atoms with Crippen molar-refractivity contribution in [3.8, 4) is 5.75 Å². The maximum atomic E-state index is 13.1. The minimum atomic E-state index is -0.908. The Morgan fingerprint density at radius 3 is 2.76 bits per heavy atom. The molecule has 1 fully saturated rings. The predicted molar refractivity (Wildman–Crippen MR) is 73.4 cm³/mol. The quantitative estimate of drug-likeness (QED) is 0.921. The number of halogens is 1. The molecule has 5 nitrogen and oxygen atoms in total. The minimum absolute atomic E-state index is 0.165. The molecular formula is C15H18FNO4. The van der Waals surface area contributed by atoms with Gasteiger partial charge in [-0.05, 0) is 32.4 Å². The lowest BCUT2D eigenvalue weighted by atomic mass is 9.90. The Morgan fingerprint density at radius 2 is 2.19 bits per heavy atom. The van der Waals surface area contributed by atoms with Gasteiger partial charge in [0.1, 0.15) is 11.6 Å². The van der Waals surface area contributed by atoms with E-state index in [4.69, 9.17) is 9.84 Å². The van der Waals surface area contributed by atoms with E-state index in [9.17, 15) is 14.0 Å². The molecular weight excluding hydrogens is 277 g/mol. The van der Waals surface area contributed by atoms with Gasteiger partial charge in [-0.3, -0.25) is 9.59 Å². The van der Waals surface area contributed by atoms with Crippen molar-refractivity contribution < 1.29 is 23.8 Å². The lowest BCUT2D eigenvalue weighted by Gasteiger charge is -2.23. The number of likely N-dealkylation sites (tertiary alicyclic amines) is 1. The molecule has 0 bridgehead atoms.